The number of aromatic nitrogens is 3. The number of benzene rings is 1. The molecule has 0 aliphatic heterocycles. The number of aromatic amines is 1. The van der Waals surface area contributed by atoms with Crippen LogP contribution < -0.4 is 0 Å². The molecule has 0 spiro atoms. The van der Waals surface area contributed by atoms with Gasteiger partial charge in [0.2, 0.25) is 5.89 Å². The molecule has 0 atom stereocenters. The van der Waals surface area contributed by atoms with Gasteiger partial charge in [0.25, 0.3) is 5.22 Å². The van der Waals surface area contributed by atoms with Crippen LogP contribution >= 0.6 is 11.8 Å². The summed E-state index contributed by atoms with van der Waals surface area (Å²) in [6.45, 7) is 1.65. The zero-order valence-corrected chi connectivity index (χ0v) is 11.8. The lowest BCUT2D eigenvalue weighted by molar-refractivity contribution is -0.131. The van der Waals surface area contributed by atoms with E-state index in [2.05, 4.69) is 15.2 Å². The number of aliphatic carboxylic acids is 1. The molecule has 0 unspecified atom stereocenters. The van der Waals surface area contributed by atoms with Crippen LogP contribution in [0.25, 0.3) is 17.0 Å². The maximum Gasteiger partial charge on any atom is 0.342 e. The summed E-state index contributed by atoms with van der Waals surface area (Å²) in [5, 5.41) is 18.0. The SMILES string of the molecule is Cc1nnc(S/C(=C\c2c[nH]c3ccccc23)C(=O)O)o1. The van der Waals surface area contributed by atoms with Crippen molar-refractivity contribution < 1.29 is 14.3 Å². The number of thioether (sulfide) groups is 1. The molecule has 7 heteroatoms. The fraction of sp³-hybridized carbons (Fsp3) is 0.0714. The highest BCUT2D eigenvalue weighted by atomic mass is 32.2. The summed E-state index contributed by atoms with van der Waals surface area (Å²) in [5.41, 5.74) is 1.75. The van der Waals surface area contributed by atoms with Crippen molar-refractivity contribution in [3.63, 3.8) is 0 Å². The van der Waals surface area contributed by atoms with E-state index in [0.29, 0.717) is 5.89 Å². The lowest BCUT2D eigenvalue weighted by atomic mass is 10.1. The van der Waals surface area contributed by atoms with Crippen molar-refractivity contribution in [2.75, 3.05) is 0 Å². The van der Waals surface area contributed by atoms with Gasteiger partial charge in [0.1, 0.15) is 4.91 Å². The monoisotopic (exact) mass is 301 g/mol. The average molecular weight is 301 g/mol. The van der Waals surface area contributed by atoms with Crippen LogP contribution in [0.1, 0.15) is 11.5 Å². The Kier molecular flexibility index (Phi) is 3.49. The van der Waals surface area contributed by atoms with Gasteiger partial charge in [-0.2, -0.15) is 0 Å². The standard InChI is InChI=1S/C14H11N3O3S/c1-8-16-17-14(20-8)21-12(13(18)19)6-9-7-15-11-5-3-2-4-10(9)11/h2-7,15H,1H3,(H,18,19)/b12-6-. The molecule has 0 aliphatic rings. The van der Waals surface area contributed by atoms with Crippen LogP contribution in [-0.2, 0) is 4.79 Å². The molecule has 0 aliphatic carbocycles. The Morgan fingerprint density at radius 3 is 2.90 bits per heavy atom. The molecule has 3 rings (SSSR count). The van der Waals surface area contributed by atoms with Gasteiger partial charge < -0.3 is 14.5 Å². The molecule has 2 N–H and O–H groups in total. The molecule has 0 radical (unpaired) electrons. The van der Waals surface area contributed by atoms with Crippen molar-refractivity contribution in [1.82, 2.24) is 15.2 Å². The van der Waals surface area contributed by atoms with Crippen molar-refractivity contribution in [1.29, 1.82) is 0 Å². The third-order valence-corrected chi connectivity index (χ3v) is 3.68. The number of hydrogen-bond acceptors (Lipinski definition) is 5. The molecule has 2 heterocycles. The second kappa shape index (κ2) is 5.45. The first-order valence-electron chi connectivity index (χ1n) is 6.12. The van der Waals surface area contributed by atoms with E-state index in [1.807, 2.05) is 24.3 Å². The highest BCUT2D eigenvalue weighted by Gasteiger charge is 2.15. The molecule has 0 amide bonds. The maximum absolute atomic E-state index is 11.4. The summed E-state index contributed by atoms with van der Waals surface area (Å²) < 4.78 is 5.20. The summed E-state index contributed by atoms with van der Waals surface area (Å²) in [7, 11) is 0. The number of nitrogens with zero attached hydrogens (tertiary/aromatic N) is 2. The predicted molar refractivity (Wildman–Crippen MR) is 78.8 cm³/mol. The second-order valence-corrected chi connectivity index (χ2v) is 5.29. The quantitative estimate of drug-likeness (QED) is 0.568. The molecule has 1 aromatic carbocycles. The number of rotatable bonds is 4. The topological polar surface area (TPSA) is 92.0 Å². The summed E-state index contributed by atoms with van der Waals surface area (Å²) in [6.07, 6.45) is 3.36. The van der Waals surface area contributed by atoms with Crippen LogP contribution in [0.3, 0.4) is 0 Å². The Bertz CT molecular complexity index is 835. The van der Waals surface area contributed by atoms with E-state index in [4.69, 9.17) is 4.42 Å². The average Bonchev–Trinajstić information content (AvgIpc) is 3.05. The Balaban J connectivity index is 1.98. The molecule has 3 aromatic rings. The smallest absolute Gasteiger partial charge is 0.342 e. The molecule has 0 saturated carbocycles. The summed E-state index contributed by atoms with van der Waals surface area (Å²) in [5.74, 6) is -0.643. The molecule has 0 bridgehead atoms. The van der Waals surface area contributed by atoms with Gasteiger partial charge in [-0.25, -0.2) is 4.79 Å². The largest absolute Gasteiger partial charge is 0.477 e. The van der Waals surface area contributed by atoms with E-state index in [9.17, 15) is 9.90 Å². The first-order chi connectivity index (χ1) is 10.1. The van der Waals surface area contributed by atoms with Crippen molar-refractivity contribution in [2.45, 2.75) is 12.1 Å². The first kappa shape index (κ1) is 13.4. The number of carboxylic acids is 1. The van der Waals surface area contributed by atoms with Gasteiger partial charge in [-0.05, 0) is 23.9 Å². The number of aryl methyl sites for hydroxylation is 1. The Labute approximate surface area is 123 Å². The number of nitrogens with one attached hydrogen (secondary N) is 1. The van der Waals surface area contributed by atoms with Gasteiger partial charge in [-0.3, -0.25) is 0 Å². The Morgan fingerprint density at radius 2 is 2.19 bits per heavy atom. The van der Waals surface area contributed by atoms with E-state index in [-0.39, 0.29) is 10.1 Å². The molecule has 106 valence electrons. The molecular weight excluding hydrogens is 290 g/mol. The van der Waals surface area contributed by atoms with Gasteiger partial charge in [-0.1, -0.05) is 18.2 Å². The number of hydrogen-bond donors (Lipinski definition) is 2. The molecular formula is C14H11N3O3S. The third-order valence-electron chi connectivity index (χ3n) is 2.82. The lowest BCUT2D eigenvalue weighted by Gasteiger charge is -1.98. The minimum Gasteiger partial charge on any atom is -0.477 e. The van der Waals surface area contributed by atoms with Crippen LogP contribution in [-0.4, -0.2) is 26.3 Å². The van der Waals surface area contributed by atoms with Crippen LogP contribution in [0.2, 0.25) is 0 Å². The van der Waals surface area contributed by atoms with E-state index in [1.165, 1.54) is 0 Å². The minimum absolute atomic E-state index is 0.114. The minimum atomic E-state index is -1.04. The van der Waals surface area contributed by atoms with Crippen molar-refractivity contribution in [3.05, 3.63) is 46.8 Å². The van der Waals surface area contributed by atoms with Gasteiger partial charge >= 0.3 is 5.97 Å². The highest BCUT2D eigenvalue weighted by molar-refractivity contribution is 8.03. The van der Waals surface area contributed by atoms with Crippen LogP contribution in [0.5, 0.6) is 0 Å². The molecule has 21 heavy (non-hydrogen) atoms. The predicted octanol–water partition coefficient (Wildman–Crippen LogP) is 3.08. The maximum atomic E-state index is 11.4. The van der Waals surface area contributed by atoms with E-state index in [0.717, 1.165) is 28.2 Å². The third kappa shape index (κ3) is 2.82. The van der Waals surface area contributed by atoms with Gasteiger partial charge in [-0.15, -0.1) is 10.2 Å². The van der Waals surface area contributed by atoms with E-state index >= 15 is 0 Å². The Morgan fingerprint density at radius 1 is 1.38 bits per heavy atom. The van der Waals surface area contributed by atoms with Crippen LogP contribution in [0, 0.1) is 6.92 Å². The number of carboxylic acid groups (broad SMARTS) is 1. The molecule has 6 nitrogen and oxygen atoms in total. The lowest BCUT2D eigenvalue weighted by Crippen LogP contribution is -1.96. The summed E-state index contributed by atoms with van der Waals surface area (Å²) in [6, 6.07) is 7.68. The summed E-state index contributed by atoms with van der Waals surface area (Å²) >= 11 is 0.932. The normalized spacial score (nSPS) is 12.0. The van der Waals surface area contributed by atoms with E-state index < -0.39 is 5.97 Å². The van der Waals surface area contributed by atoms with Gasteiger partial charge in [0.15, 0.2) is 0 Å². The number of H-pyrrole nitrogens is 1. The first-order valence-corrected chi connectivity index (χ1v) is 6.94. The second-order valence-electron chi connectivity index (χ2n) is 4.29. The van der Waals surface area contributed by atoms with Gasteiger partial charge in [0, 0.05) is 29.6 Å². The van der Waals surface area contributed by atoms with Crippen molar-refractivity contribution in [2.24, 2.45) is 0 Å². The van der Waals surface area contributed by atoms with Crippen LogP contribution in [0.4, 0.5) is 0 Å². The van der Waals surface area contributed by atoms with Crippen molar-refractivity contribution >= 4 is 34.7 Å². The Hall–Kier alpha value is -2.54. The number of fused-ring (bicyclic) bond motifs is 1. The van der Waals surface area contributed by atoms with Gasteiger partial charge in [0.05, 0.1) is 0 Å². The summed E-state index contributed by atoms with van der Waals surface area (Å²) in [4.78, 5) is 14.6. The number of carbonyl (C=O) groups is 1. The van der Waals surface area contributed by atoms with E-state index in [1.54, 1.807) is 19.2 Å². The zero-order chi connectivity index (χ0) is 14.8. The molecule has 2 aromatic heterocycles. The van der Waals surface area contributed by atoms with Crippen LogP contribution in [0.15, 0.2) is 45.0 Å². The van der Waals surface area contributed by atoms with Crippen molar-refractivity contribution in [3.8, 4) is 0 Å². The number of para-hydroxylation sites is 1. The highest BCUT2D eigenvalue weighted by Crippen LogP contribution is 2.29. The fourth-order valence-corrected chi connectivity index (χ4v) is 2.61. The zero-order valence-electron chi connectivity index (χ0n) is 11.0. The fourth-order valence-electron chi connectivity index (χ4n) is 1.90. The molecule has 0 saturated heterocycles. The molecule has 0 fully saturated rings.